The molecule has 1 heterocycles. The quantitative estimate of drug-likeness (QED) is 0.464. The Morgan fingerprint density at radius 1 is 1.16 bits per heavy atom. The zero-order chi connectivity index (χ0) is 23.6. The molecule has 0 bridgehead atoms. The minimum Gasteiger partial charge on any atom is -0.493 e. The first kappa shape index (κ1) is 23.1. The number of carboxylic acids is 1. The van der Waals surface area contributed by atoms with Gasteiger partial charge in [0.05, 0.1) is 23.7 Å². The molecule has 12 heteroatoms. The number of rotatable bonds is 6. The van der Waals surface area contributed by atoms with E-state index in [4.69, 9.17) is 16.7 Å². The molecule has 2 aromatic carbocycles. The van der Waals surface area contributed by atoms with E-state index in [2.05, 4.69) is 10.4 Å². The molecule has 1 amide bonds. The van der Waals surface area contributed by atoms with E-state index in [1.165, 1.54) is 12.1 Å². The van der Waals surface area contributed by atoms with E-state index in [1.807, 2.05) is 0 Å². The van der Waals surface area contributed by atoms with Crippen LogP contribution in [0.5, 0.6) is 5.88 Å². The maximum Gasteiger partial charge on any atom is 0.419 e. The molecule has 0 spiro atoms. The van der Waals surface area contributed by atoms with Crippen LogP contribution in [0.2, 0.25) is 5.02 Å². The largest absolute Gasteiger partial charge is 0.493 e. The lowest BCUT2D eigenvalue weighted by Gasteiger charge is -2.19. The maximum atomic E-state index is 14.5. The molecule has 0 fully saturated rings. The standard InChI is InChI=1S/C20H14ClF4N3O4/c21-10-3-1-4-11(7-10)28-16(29)8-15(27-28)19(32)26-14(9-17(30)31)12-5-2-6-13(18(12)22)20(23,24)25/h1-8,14,29H,9H2,(H,26,32)(H,30,31). The minimum absolute atomic E-state index is 0.306. The Bertz CT molecular complexity index is 1180. The third-order valence-corrected chi connectivity index (χ3v) is 4.60. The number of alkyl halides is 3. The molecule has 3 N–H and O–H groups in total. The number of hydrogen-bond donors (Lipinski definition) is 3. The molecule has 1 aromatic heterocycles. The number of nitrogens with zero attached hydrogens (tertiary/aromatic N) is 2. The molecule has 0 aliphatic heterocycles. The number of benzene rings is 2. The van der Waals surface area contributed by atoms with Crippen LogP contribution in [0.4, 0.5) is 17.6 Å². The van der Waals surface area contributed by atoms with Crippen LogP contribution in [0.15, 0.2) is 48.5 Å². The van der Waals surface area contributed by atoms with Crippen molar-refractivity contribution >= 4 is 23.5 Å². The lowest BCUT2D eigenvalue weighted by Crippen LogP contribution is -2.31. The summed E-state index contributed by atoms with van der Waals surface area (Å²) in [7, 11) is 0. The summed E-state index contributed by atoms with van der Waals surface area (Å²) < 4.78 is 54.6. The van der Waals surface area contributed by atoms with E-state index in [9.17, 15) is 32.3 Å². The number of carbonyl (C=O) groups is 2. The van der Waals surface area contributed by atoms with E-state index in [1.54, 1.807) is 12.1 Å². The van der Waals surface area contributed by atoms with Gasteiger partial charge in [0.15, 0.2) is 5.69 Å². The van der Waals surface area contributed by atoms with Crippen LogP contribution < -0.4 is 5.32 Å². The number of carbonyl (C=O) groups excluding carboxylic acids is 1. The normalized spacial score (nSPS) is 12.4. The van der Waals surface area contributed by atoms with Crippen LogP contribution in [0.25, 0.3) is 5.69 Å². The number of aromatic hydroxyl groups is 1. The third-order valence-electron chi connectivity index (χ3n) is 4.37. The van der Waals surface area contributed by atoms with Gasteiger partial charge in [-0.3, -0.25) is 9.59 Å². The van der Waals surface area contributed by atoms with Crippen LogP contribution in [0.1, 0.15) is 34.1 Å². The minimum atomic E-state index is -5.01. The van der Waals surface area contributed by atoms with Gasteiger partial charge in [0.1, 0.15) is 5.82 Å². The fourth-order valence-corrected chi connectivity index (χ4v) is 3.15. The van der Waals surface area contributed by atoms with Crippen molar-refractivity contribution in [2.24, 2.45) is 0 Å². The third kappa shape index (κ3) is 4.99. The Labute approximate surface area is 182 Å². The van der Waals surface area contributed by atoms with Gasteiger partial charge in [-0.2, -0.15) is 18.3 Å². The monoisotopic (exact) mass is 471 g/mol. The highest BCUT2D eigenvalue weighted by Crippen LogP contribution is 2.34. The van der Waals surface area contributed by atoms with Gasteiger partial charge >= 0.3 is 12.1 Å². The summed E-state index contributed by atoms with van der Waals surface area (Å²) in [5.41, 5.74) is -2.33. The Morgan fingerprint density at radius 3 is 2.47 bits per heavy atom. The van der Waals surface area contributed by atoms with E-state index in [0.29, 0.717) is 16.8 Å². The number of aliphatic carboxylic acids is 1. The van der Waals surface area contributed by atoms with Gasteiger partial charge in [0.25, 0.3) is 5.91 Å². The zero-order valence-corrected chi connectivity index (χ0v) is 16.7. The molecule has 1 unspecified atom stereocenters. The molecule has 3 aromatic rings. The van der Waals surface area contributed by atoms with Crippen molar-refractivity contribution in [1.82, 2.24) is 15.1 Å². The first-order valence-electron chi connectivity index (χ1n) is 8.90. The number of nitrogens with one attached hydrogen (secondary N) is 1. The average molecular weight is 472 g/mol. The van der Waals surface area contributed by atoms with Crippen molar-refractivity contribution < 1.29 is 37.4 Å². The molecule has 3 rings (SSSR count). The summed E-state index contributed by atoms with van der Waals surface area (Å²) in [6.07, 6.45) is -5.91. The summed E-state index contributed by atoms with van der Waals surface area (Å²) in [6.45, 7) is 0. The summed E-state index contributed by atoms with van der Waals surface area (Å²) in [4.78, 5) is 23.8. The van der Waals surface area contributed by atoms with Gasteiger partial charge in [0.2, 0.25) is 5.88 Å². The first-order chi connectivity index (χ1) is 15.0. The second-order valence-corrected chi connectivity index (χ2v) is 7.05. The van der Waals surface area contributed by atoms with Crippen LogP contribution in [0.3, 0.4) is 0 Å². The number of aromatic nitrogens is 2. The molecule has 0 radical (unpaired) electrons. The van der Waals surface area contributed by atoms with Crippen LogP contribution in [-0.2, 0) is 11.0 Å². The zero-order valence-electron chi connectivity index (χ0n) is 15.9. The molecule has 7 nitrogen and oxygen atoms in total. The Kier molecular flexibility index (Phi) is 6.40. The number of hydrogen-bond acceptors (Lipinski definition) is 4. The van der Waals surface area contributed by atoms with E-state index >= 15 is 0 Å². The SMILES string of the molecule is O=C(O)CC(NC(=O)c1cc(O)n(-c2cccc(Cl)c2)n1)c1cccc(C(F)(F)F)c1F. The van der Waals surface area contributed by atoms with Crippen LogP contribution in [0, 0.1) is 5.82 Å². The molecule has 0 saturated carbocycles. The topological polar surface area (TPSA) is 104 Å². The second kappa shape index (κ2) is 8.87. The number of carboxylic acid groups (broad SMARTS) is 1. The summed E-state index contributed by atoms with van der Waals surface area (Å²) in [5.74, 6) is -4.68. The Hall–Kier alpha value is -3.60. The maximum absolute atomic E-state index is 14.5. The molecule has 0 aliphatic carbocycles. The van der Waals surface area contributed by atoms with Gasteiger partial charge in [-0.1, -0.05) is 29.8 Å². The average Bonchev–Trinajstić information content (AvgIpc) is 3.08. The summed E-state index contributed by atoms with van der Waals surface area (Å²) in [6, 6.07) is 7.78. The van der Waals surface area contributed by atoms with Crippen molar-refractivity contribution in [3.63, 3.8) is 0 Å². The van der Waals surface area contributed by atoms with Crippen LogP contribution >= 0.6 is 11.6 Å². The molecule has 0 saturated heterocycles. The van der Waals surface area contributed by atoms with Crippen LogP contribution in [-0.4, -0.2) is 31.9 Å². The highest BCUT2D eigenvalue weighted by molar-refractivity contribution is 6.30. The van der Waals surface area contributed by atoms with Gasteiger partial charge in [-0.15, -0.1) is 0 Å². The molecule has 32 heavy (non-hydrogen) atoms. The van der Waals surface area contributed by atoms with E-state index < -0.39 is 53.3 Å². The van der Waals surface area contributed by atoms with E-state index in [-0.39, 0.29) is 5.69 Å². The number of amides is 1. The van der Waals surface area contributed by atoms with Gasteiger partial charge in [-0.25, -0.2) is 9.07 Å². The summed E-state index contributed by atoms with van der Waals surface area (Å²) >= 11 is 5.89. The van der Waals surface area contributed by atoms with Gasteiger partial charge in [0, 0.05) is 16.7 Å². The molecule has 0 aliphatic rings. The van der Waals surface area contributed by atoms with Gasteiger partial charge < -0.3 is 15.5 Å². The predicted octanol–water partition coefficient (Wildman–Crippen LogP) is 4.34. The lowest BCUT2D eigenvalue weighted by molar-refractivity contribution is -0.140. The lowest BCUT2D eigenvalue weighted by atomic mass is 9.99. The molecule has 168 valence electrons. The Balaban J connectivity index is 1.93. The molecular weight excluding hydrogens is 458 g/mol. The molecule has 1 atom stereocenters. The van der Waals surface area contributed by atoms with Crippen molar-refractivity contribution in [3.8, 4) is 11.6 Å². The number of halogens is 5. The predicted molar refractivity (Wildman–Crippen MR) is 104 cm³/mol. The first-order valence-corrected chi connectivity index (χ1v) is 9.28. The van der Waals surface area contributed by atoms with Crippen molar-refractivity contribution in [2.45, 2.75) is 18.6 Å². The van der Waals surface area contributed by atoms with Gasteiger partial charge in [-0.05, 0) is 24.3 Å². The smallest absolute Gasteiger partial charge is 0.419 e. The van der Waals surface area contributed by atoms with Crippen molar-refractivity contribution in [2.75, 3.05) is 0 Å². The highest BCUT2D eigenvalue weighted by atomic mass is 35.5. The van der Waals surface area contributed by atoms with Crippen molar-refractivity contribution in [1.29, 1.82) is 0 Å². The second-order valence-electron chi connectivity index (χ2n) is 6.61. The fourth-order valence-electron chi connectivity index (χ4n) is 2.96. The summed E-state index contributed by atoms with van der Waals surface area (Å²) in [5, 5.41) is 25.6. The fraction of sp³-hybridized carbons (Fsp3) is 0.150. The highest BCUT2D eigenvalue weighted by Gasteiger charge is 2.36. The molecular formula is C20H14ClF4N3O4. The van der Waals surface area contributed by atoms with E-state index in [0.717, 1.165) is 22.9 Å². The Morgan fingerprint density at radius 2 is 1.84 bits per heavy atom. The van der Waals surface area contributed by atoms with Crippen molar-refractivity contribution in [3.05, 3.63) is 76.2 Å².